The maximum absolute atomic E-state index is 7.36. The van der Waals surface area contributed by atoms with Crippen LogP contribution in [0.1, 0.15) is 25.0 Å². The standard InChI is InChI=1S/C55H37NOS/c1-55(2)46-22-10-8-18-40(46)41-31-28-37(33-47(41)55)51-39-17-7-6-16-36(39)32-45-43-20-12-23-48(52(43)57-53(45)51)56(38-29-26-35(27-30-38)34-14-4-3-5-15-34)49-24-13-21-44-42-19-9-11-25-50(42)58-54(44)49/h3-33H,1-2H3. The molecule has 0 amide bonds. The topological polar surface area (TPSA) is 16.4 Å². The van der Waals surface area contributed by atoms with Crippen LogP contribution in [0.15, 0.2) is 192 Å². The van der Waals surface area contributed by atoms with E-state index < -0.39 is 0 Å². The molecular weight excluding hydrogens is 723 g/mol. The quantitative estimate of drug-likeness (QED) is 0.174. The molecule has 2 aromatic heterocycles. The summed E-state index contributed by atoms with van der Waals surface area (Å²) >= 11 is 1.85. The van der Waals surface area contributed by atoms with Crippen LogP contribution in [-0.4, -0.2) is 0 Å². The van der Waals surface area contributed by atoms with Crippen LogP contribution in [-0.2, 0) is 5.41 Å². The van der Waals surface area contributed by atoms with Gasteiger partial charge in [-0.05, 0) is 92.2 Å². The first kappa shape index (κ1) is 33.2. The van der Waals surface area contributed by atoms with Gasteiger partial charge >= 0.3 is 0 Å². The van der Waals surface area contributed by atoms with Crippen molar-refractivity contribution in [1.29, 1.82) is 0 Å². The van der Waals surface area contributed by atoms with Crippen molar-refractivity contribution in [1.82, 2.24) is 0 Å². The van der Waals surface area contributed by atoms with Crippen LogP contribution in [0.3, 0.4) is 0 Å². The molecule has 0 radical (unpaired) electrons. The molecule has 1 aliphatic rings. The molecule has 2 heterocycles. The van der Waals surface area contributed by atoms with Crippen LogP contribution in [0, 0.1) is 0 Å². The van der Waals surface area contributed by atoms with Gasteiger partial charge in [-0.1, -0.05) is 159 Å². The number of hydrogen-bond acceptors (Lipinski definition) is 3. The monoisotopic (exact) mass is 759 g/mol. The lowest BCUT2D eigenvalue weighted by Gasteiger charge is -2.26. The fourth-order valence-electron chi connectivity index (χ4n) is 9.65. The van der Waals surface area contributed by atoms with Crippen molar-refractivity contribution in [3.8, 4) is 33.4 Å². The molecule has 0 aliphatic heterocycles. The number of fused-ring (bicyclic) bond motifs is 10. The van der Waals surface area contributed by atoms with Gasteiger partial charge in [0.1, 0.15) is 5.58 Å². The van der Waals surface area contributed by atoms with Gasteiger partial charge in [-0.3, -0.25) is 0 Å². The minimum absolute atomic E-state index is 0.114. The molecular formula is C55H37NOS. The van der Waals surface area contributed by atoms with Crippen molar-refractivity contribution < 1.29 is 4.42 Å². The average molecular weight is 760 g/mol. The van der Waals surface area contributed by atoms with E-state index >= 15 is 0 Å². The molecule has 58 heavy (non-hydrogen) atoms. The smallest absolute Gasteiger partial charge is 0.159 e. The average Bonchev–Trinajstić information content (AvgIpc) is 3.92. The number of para-hydroxylation sites is 1. The Bertz CT molecular complexity index is 3420. The number of nitrogens with zero attached hydrogens (tertiary/aromatic N) is 1. The first-order valence-electron chi connectivity index (χ1n) is 20.0. The minimum Gasteiger partial charge on any atom is -0.453 e. The van der Waals surface area contributed by atoms with Crippen molar-refractivity contribution in [3.05, 3.63) is 199 Å². The summed E-state index contributed by atoms with van der Waals surface area (Å²) in [6.45, 7) is 4.71. The number of anilines is 3. The fourth-order valence-corrected chi connectivity index (χ4v) is 10.9. The molecule has 0 bridgehead atoms. The second-order valence-corrected chi connectivity index (χ2v) is 17.1. The predicted octanol–water partition coefficient (Wildman–Crippen LogP) is 16.2. The lowest BCUT2D eigenvalue weighted by Crippen LogP contribution is -2.14. The summed E-state index contributed by atoms with van der Waals surface area (Å²) < 4.78 is 9.89. The second-order valence-electron chi connectivity index (χ2n) is 16.0. The van der Waals surface area contributed by atoms with Gasteiger partial charge < -0.3 is 9.32 Å². The maximum atomic E-state index is 7.36. The molecule has 274 valence electrons. The van der Waals surface area contributed by atoms with Crippen LogP contribution >= 0.6 is 11.3 Å². The van der Waals surface area contributed by atoms with E-state index in [0.717, 1.165) is 44.6 Å². The largest absolute Gasteiger partial charge is 0.453 e. The van der Waals surface area contributed by atoms with Gasteiger partial charge in [-0.2, -0.15) is 0 Å². The van der Waals surface area contributed by atoms with Crippen LogP contribution in [0.2, 0.25) is 0 Å². The van der Waals surface area contributed by atoms with Gasteiger partial charge in [-0.25, -0.2) is 0 Å². The van der Waals surface area contributed by atoms with Crippen LogP contribution in [0.25, 0.3) is 86.3 Å². The molecule has 0 unspecified atom stereocenters. The first-order chi connectivity index (χ1) is 28.5. The van der Waals surface area contributed by atoms with E-state index in [0.29, 0.717) is 0 Å². The molecule has 0 atom stereocenters. The van der Waals surface area contributed by atoms with Crippen LogP contribution < -0.4 is 4.90 Å². The minimum atomic E-state index is -0.114. The van der Waals surface area contributed by atoms with E-state index in [4.69, 9.17) is 4.42 Å². The number of benzene rings is 9. The van der Waals surface area contributed by atoms with Gasteiger partial charge in [0.25, 0.3) is 0 Å². The molecule has 3 heteroatoms. The van der Waals surface area contributed by atoms with E-state index in [2.05, 4.69) is 207 Å². The summed E-state index contributed by atoms with van der Waals surface area (Å²) in [5.41, 5.74) is 14.9. The molecule has 1 aliphatic carbocycles. The molecule has 0 saturated heterocycles. The highest BCUT2D eigenvalue weighted by molar-refractivity contribution is 7.26. The Morgan fingerprint density at radius 2 is 1.10 bits per heavy atom. The van der Waals surface area contributed by atoms with Gasteiger partial charge in [0, 0.05) is 42.9 Å². The second kappa shape index (κ2) is 12.5. The summed E-state index contributed by atoms with van der Waals surface area (Å²) in [4.78, 5) is 2.41. The zero-order valence-electron chi connectivity index (χ0n) is 32.2. The molecule has 11 aromatic rings. The third-order valence-electron chi connectivity index (χ3n) is 12.5. The number of rotatable bonds is 5. The Labute approximate surface area is 340 Å². The maximum Gasteiger partial charge on any atom is 0.159 e. The Morgan fingerprint density at radius 1 is 0.448 bits per heavy atom. The van der Waals surface area contributed by atoms with E-state index in [1.165, 1.54) is 69.9 Å². The lowest BCUT2D eigenvalue weighted by atomic mass is 9.81. The predicted molar refractivity (Wildman–Crippen MR) is 247 cm³/mol. The molecule has 0 fully saturated rings. The van der Waals surface area contributed by atoms with Gasteiger partial charge in [-0.15, -0.1) is 11.3 Å². The highest BCUT2D eigenvalue weighted by Gasteiger charge is 2.35. The zero-order valence-corrected chi connectivity index (χ0v) is 33.0. The Hall–Kier alpha value is -6.94. The molecule has 0 N–H and O–H groups in total. The fraction of sp³-hybridized carbons (Fsp3) is 0.0545. The van der Waals surface area contributed by atoms with E-state index in [1.54, 1.807) is 0 Å². The summed E-state index contributed by atoms with van der Waals surface area (Å²) in [6.07, 6.45) is 0. The molecule has 2 nitrogen and oxygen atoms in total. The van der Waals surface area contributed by atoms with Crippen molar-refractivity contribution in [2.45, 2.75) is 19.3 Å². The molecule has 12 rings (SSSR count). The Balaban J connectivity index is 1.12. The molecule has 0 saturated carbocycles. The van der Waals surface area contributed by atoms with Crippen molar-refractivity contribution in [2.75, 3.05) is 4.90 Å². The lowest BCUT2D eigenvalue weighted by molar-refractivity contribution is 0.660. The van der Waals surface area contributed by atoms with E-state index in [1.807, 2.05) is 11.3 Å². The highest BCUT2D eigenvalue weighted by Crippen LogP contribution is 2.52. The van der Waals surface area contributed by atoms with Crippen molar-refractivity contribution in [3.63, 3.8) is 0 Å². The molecule has 9 aromatic carbocycles. The number of furan rings is 1. The SMILES string of the molecule is CC1(C)c2ccccc2-c2ccc(-c3c4ccccc4cc4c3oc3c(N(c5ccc(-c6ccccc6)cc5)c5cccc6c5sc5ccccc56)cccc34)cc21. The van der Waals surface area contributed by atoms with E-state index in [9.17, 15) is 0 Å². The van der Waals surface area contributed by atoms with Crippen molar-refractivity contribution in [2.24, 2.45) is 0 Å². The normalized spacial score (nSPS) is 13.1. The summed E-state index contributed by atoms with van der Waals surface area (Å²) in [5, 5.41) is 7.14. The van der Waals surface area contributed by atoms with Gasteiger partial charge in [0.2, 0.25) is 0 Å². The third kappa shape index (κ3) is 4.84. The summed E-state index contributed by atoms with van der Waals surface area (Å²) in [5.74, 6) is 0. The van der Waals surface area contributed by atoms with Crippen LogP contribution in [0.5, 0.6) is 0 Å². The Kier molecular flexibility index (Phi) is 7.18. The third-order valence-corrected chi connectivity index (χ3v) is 13.7. The summed E-state index contributed by atoms with van der Waals surface area (Å²) in [6, 6.07) is 68.6. The van der Waals surface area contributed by atoms with Gasteiger partial charge in [0.15, 0.2) is 5.58 Å². The number of thiophene rings is 1. The van der Waals surface area contributed by atoms with Gasteiger partial charge in [0.05, 0.1) is 16.1 Å². The summed E-state index contributed by atoms with van der Waals surface area (Å²) in [7, 11) is 0. The van der Waals surface area contributed by atoms with Crippen molar-refractivity contribution >= 4 is 81.3 Å². The number of hydrogen-bond donors (Lipinski definition) is 0. The highest BCUT2D eigenvalue weighted by atomic mass is 32.1. The van der Waals surface area contributed by atoms with E-state index in [-0.39, 0.29) is 5.41 Å². The zero-order chi connectivity index (χ0) is 38.5. The van der Waals surface area contributed by atoms with Crippen LogP contribution in [0.4, 0.5) is 17.1 Å². The molecule has 0 spiro atoms. The first-order valence-corrected chi connectivity index (χ1v) is 20.8. The Morgan fingerprint density at radius 3 is 1.97 bits per heavy atom.